The minimum Gasteiger partial charge on any atom is -0.481 e. The maximum Gasteiger partial charge on any atom is 0.322 e. The van der Waals surface area contributed by atoms with Crippen LogP contribution in [0.15, 0.2) is 0 Å². The summed E-state index contributed by atoms with van der Waals surface area (Å²) in [4.78, 5) is 32.3. The van der Waals surface area contributed by atoms with Crippen LogP contribution in [0.1, 0.15) is 26.2 Å². The Bertz CT molecular complexity index is 289. The van der Waals surface area contributed by atoms with Gasteiger partial charge in [-0.25, -0.2) is 4.79 Å². The summed E-state index contributed by atoms with van der Waals surface area (Å²) in [6.45, 7) is 1.58. The van der Waals surface area contributed by atoms with Crippen LogP contribution in [0.4, 0.5) is 4.79 Å². The number of nitrogens with one attached hydrogen (secondary N) is 2. The maximum atomic E-state index is 11.2. The van der Waals surface area contributed by atoms with Gasteiger partial charge in [-0.2, -0.15) is 0 Å². The van der Waals surface area contributed by atoms with E-state index in [2.05, 4.69) is 10.6 Å². The summed E-state index contributed by atoms with van der Waals surface area (Å²) in [5, 5.41) is 13.0. The SMILES string of the molecule is C[C@@]1(CCCC(=O)O)NC(=O)NC1=O. The zero-order valence-electron chi connectivity index (χ0n) is 7.79. The average molecular weight is 200 g/mol. The van der Waals surface area contributed by atoms with Gasteiger partial charge in [-0.05, 0) is 19.8 Å². The van der Waals surface area contributed by atoms with Gasteiger partial charge in [0, 0.05) is 6.42 Å². The van der Waals surface area contributed by atoms with Gasteiger partial charge in [-0.15, -0.1) is 0 Å². The van der Waals surface area contributed by atoms with Crippen molar-refractivity contribution in [3.05, 3.63) is 0 Å². The molecule has 0 aliphatic carbocycles. The van der Waals surface area contributed by atoms with Gasteiger partial charge < -0.3 is 10.4 Å². The number of carboxylic acid groups (broad SMARTS) is 1. The van der Waals surface area contributed by atoms with Gasteiger partial charge in [-0.1, -0.05) is 0 Å². The van der Waals surface area contributed by atoms with E-state index in [1.165, 1.54) is 0 Å². The molecule has 78 valence electrons. The molecular formula is C8H12N2O4. The van der Waals surface area contributed by atoms with Crippen molar-refractivity contribution >= 4 is 17.9 Å². The Labute approximate surface area is 80.7 Å². The summed E-state index contributed by atoms with van der Waals surface area (Å²) in [5.41, 5.74) is -0.952. The zero-order chi connectivity index (χ0) is 10.8. The number of urea groups is 1. The molecule has 1 atom stereocenters. The number of amides is 3. The number of hydrogen-bond donors (Lipinski definition) is 3. The van der Waals surface area contributed by atoms with Crippen LogP contribution in [0.3, 0.4) is 0 Å². The molecule has 0 saturated carbocycles. The molecule has 0 aromatic heterocycles. The number of carboxylic acids is 1. The van der Waals surface area contributed by atoms with Gasteiger partial charge in [0.2, 0.25) is 0 Å². The molecule has 3 amide bonds. The van der Waals surface area contributed by atoms with Crippen molar-refractivity contribution in [2.45, 2.75) is 31.7 Å². The first kappa shape index (κ1) is 10.5. The molecule has 0 aromatic carbocycles. The molecule has 1 aliphatic heterocycles. The van der Waals surface area contributed by atoms with Crippen LogP contribution in [-0.4, -0.2) is 28.6 Å². The number of imide groups is 1. The van der Waals surface area contributed by atoms with E-state index in [0.717, 1.165) is 0 Å². The fourth-order valence-corrected chi connectivity index (χ4v) is 1.35. The average Bonchev–Trinajstić information content (AvgIpc) is 2.25. The van der Waals surface area contributed by atoms with E-state index in [0.29, 0.717) is 12.8 Å². The Morgan fingerprint density at radius 2 is 2.14 bits per heavy atom. The molecule has 0 unspecified atom stereocenters. The van der Waals surface area contributed by atoms with Crippen molar-refractivity contribution in [2.24, 2.45) is 0 Å². The van der Waals surface area contributed by atoms with Gasteiger partial charge in [0.25, 0.3) is 5.91 Å². The highest BCUT2D eigenvalue weighted by molar-refractivity contribution is 6.06. The number of aliphatic carboxylic acids is 1. The van der Waals surface area contributed by atoms with E-state index in [4.69, 9.17) is 5.11 Å². The minimum atomic E-state index is -0.952. The topological polar surface area (TPSA) is 95.5 Å². The largest absolute Gasteiger partial charge is 0.481 e. The van der Waals surface area contributed by atoms with E-state index in [9.17, 15) is 14.4 Å². The van der Waals surface area contributed by atoms with Crippen LogP contribution in [0, 0.1) is 0 Å². The maximum absolute atomic E-state index is 11.2. The van der Waals surface area contributed by atoms with E-state index in [1.807, 2.05) is 0 Å². The molecular weight excluding hydrogens is 188 g/mol. The third-order valence-corrected chi connectivity index (χ3v) is 2.19. The Hall–Kier alpha value is -1.59. The summed E-state index contributed by atoms with van der Waals surface area (Å²) in [7, 11) is 0. The third kappa shape index (κ3) is 2.21. The third-order valence-electron chi connectivity index (χ3n) is 2.19. The van der Waals surface area contributed by atoms with Gasteiger partial charge >= 0.3 is 12.0 Å². The molecule has 1 rings (SSSR count). The molecule has 6 heteroatoms. The van der Waals surface area contributed by atoms with Crippen molar-refractivity contribution in [3.63, 3.8) is 0 Å². The van der Waals surface area contributed by atoms with Crippen molar-refractivity contribution < 1.29 is 19.5 Å². The second kappa shape index (κ2) is 3.65. The lowest BCUT2D eigenvalue weighted by Gasteiger charge is -2.19. The first-order valence-electron chi connectivity index (χ1n) is 4.29. The molecule has 0 radical (unpaired) electrons. The normalized spacial score (nSPS) is 25.8. The molecule has 0 spiro atoms. The van der Waals surface area contributed by atoms with E-state index < -0.39 is 23.4 Å². The number of rotatable bonds is 4. The second-order valence-electron chi connectivity index (χ2n) is 3.49. The van der Waals surface area contributed by atoms with Crippen molar-refractivity contribution in [1.29, 1.82) is 0 Å². The first-order chi connectivity index (χ1) is 6.44. The van der Waals surface area contributed by atoms with Crippen molar-refractivity contribution in [2.75, 3.05) is 0 Å². The van der Waals surface area contributed by atoms with E-state index in [-0.39, 0.29) is 6.42 Å². The molecule has 0 aromatic rings. The highest BCUT2D eigenvalue weighted by Gasteiger charge is 2.41. The first-order valence-corrected chi connectivity index (χ1v) is 4.29. The predicted octanol–water partition coefficient (Wildman–Crippen LogP) is -0.161. The highest BCUT2D eigenvalue weighted by atomic mass is 16.4. The lowest BCUT2D eigenvalue weighted by molar-refractivity contribution is -0.137. The van der Waals surface area contributed by atoms with Crippen molar-refractivity contribution in [1.82, 2.24) is 10.6 Å². The van der Waals surface area contributed by atoms with Crippen LogP contribution >= 0.6 is 0 Å². The molecule has 14 heavy (non-hydrogen) atoms. The summed E-state index contributed by atoms with van der Waals surface area (Å²) >= 11 is 0. The molecule has 1 saturated heterocycles. The predicted molar refractivity (Wildman–Crippen MR) is 46.6 cm³/mol. The van der Waals surface area contributed by atoms with Gasteiger partial charge in [0.1, 0.15) is 5.54 Å². The quantitative estimate of drug-likeness (QED) is 0.549. The standard InChI is InChI=1S/C8H12N2O4/c1-8(4-2-3-5(11)12)6(13)9-7(14)10-8/h2-4H2,1H3,(H,11,12)(H2,9,10,13,14)/t8-/m0/s1. The van der Waals surface area contributed by atoms with E-state index in [1.54, 1.807) is 6.92 Å². The minimum absolute atomic E-state index is 0.00125. The van der Waals surface area contributed by atoms with Crippen LogP contribution in [0.25, 0.3) is 0 Å². The van der Waals surface area contributed by atoms with E-state index >= 15 is 0 Å². The summed E-state index contributed by atoms with van der Waals surface area (Å²) in [5.74, 6) is -1.30. The monoisotopic (exact) mass is 200 g/mol. The Balaban J connectivity index is 2.46. The molecule has 1 fully saturated rings. The molecule has 3 N–H and O–H groups in total. The zero-order valence-corrected chi connectivity index (χ0v) is 7.79. The summed E-state index contributed by atoms with van der Waals surface area (Å²) in [6, 6.07) is -0.521. The van der Waals surface area contributed by atoms with Crippen LogP contribution in [0.5, 0.6) is 0 Å². The summed E-state index contributed by atoms with van der Waals surface area (Å²) in [6.07, 6.45) is 0.690. The number of hydrogen-bond acceptors (Lipinski definition) is 3. The molecule has 1 heterocycles. The lowest BCUT2D eigenvalue weighted by atomic mass is 9.95. The van der Waals surface area contributed by atoms with Gasteiger partial charge in [-0.3, -0.25) is 14.9 Å². The van der Waals surface area contributed by atoms with Crippen LogP contribution in [-0.2, 0) is 9.59 Å². The number of carbonyl (C=O) groups is 3. The highest BCUT2D eigenvalue weighted by Crippen LogP contribution is 2.17. The molecule has 1 aliphatic rings. The Morgan fingerprint density at radius 3 is 2.57 bits per heavy atom. The second-order valence-corrected chi connectivity index (χ2v) is 3.49. The van der Waals surface area contributed by atoms with Crippen LogP contribution < -0.4 is 10.6 Å². The fraction of sp³-hybridized carbons (Fsp3) is 0.625. The Morgan fingerprint density at radius 1 is 1.50 bits per heavy atom. The van der Waals surface area contributed by atoms with Crippen molar-refractivity contribution in [3.8, 4) is 0 Å². The van der Waals surface area contributed by atoms with Gasteiger partial charge in [0.15, 0.2) is 0 Å². The number of carbonyl (C=O) groups excluding carboxylic acids is 2. The lowest BCUT2D eigenvalue weighted by Crippen LogP contribution is -2.43. The molecule has 0 bridgehead atoms. The van der Waals surface area contributed by atoms with Crippen LogP contribution in [0.2, 0.25) is 0 Å². The summed E-state index contributed by atoms with van der Waals surface area (Å²) < 4.78 is 0. The fourth-order valence-electron chi connectivity index (χ4n) is 1.35. The Kier molecular flexibility index (Phi) is 2.73. The smallest absolute Gasteiger partial charge is 0.322 e. The molecule has 6 nitrogen and oxygen atoms in total. The van der Waals surface area contributed by atoms with Gasteiger partial charge in [0.05, 0.1) is 0 Å².